The minimum atomic E-state index is -1.55. The fourth-order valence-electron chi connectivity index (χ4n) is 1.94. The molecule has 19 heavy (non-hydrogen) atoms. The van der Waals surface area contributed by atoms with Gasteiger partial charge in [0.1, 0.15) is 11.0 Å². The Balaban J connectivity index is 2.93. The second-order valence-electron chi connectivity index (χ2n) is 6.22. The third-order valence-electron chi connectivity index (χ3n) is 3.21. The van der Waals surface area contributed by atoms with E-state index in [1.165, 1.54) is 11.8 Å². The molecule has 0 aromatic carbocycles. The Morgan fingerprint density at radius 2 is 1.95 bits per heavy atom. The standard InChI is InChI=1S/C13H21NO5/c1-8-6-9(15)13(5,10(16)17)7-14(8)11(18)19-12(2,3)4/h8H,6-7H2,1-5H3,(H,16,17). The van der Waals surface area contributed by atoms with Gasteiger partial charge in [-0.15, -0.1) is 0 Å². The summed E-state index contributed by atoms with van der Waals surface area (Å²) < 4.78 is 5.24. The average molecular weight is 271 g/mol. The van der Waals surface area contributed by atoms with Crippen LogP contribution in [-0.2, 0) is 14.3 Å². The Morgan fingerprint density at radius 1 is 1.42 bits per heavy atom. The van der Waals surface area contributed by atoms with Gasteiger partial charge in [0.05, 0.1) is 0 Å². The molecule has 1 saturated heterocycles. The van der Waals surface area contributed by atoms with Gasteiger partial charge in [-0.05, 0) is 34.6 Å². The van der Waals surface area contributed by atoms with Crippen molar-refractivity contribution >= 4 is 17.8 Å². The van der Waals surface area contributed by atoms with Crippen molar-refractivity contribution in [3.05, 3.63) is 0 Å². The number of nitrogens with zero attached hydrogens (tertiary/aromatic N) is 1. The van der Waals surface area contributed by atoms with E-state index in [0.717, 1.165) is 0 Å². The first-order chi connectivity index (χ1) is 8.47. The molecular formula is C13H21NO5. The molecule has 1 aliphatic rings. The van der Waals surface area contributed by atoms with Gasteiger partial charge in [0.2, 0.25) is 0 Å². The molecular weight excluding hydrogens is 250 g/mol. The molecule has 0 aromatic rings. The van der Waals surface area contributed by atoms with Crippen molar-refractivity contribution in [3.8, 4) is 0 Å². The Morgan fingerprint density at radius 3 is 2.37 bits per heavy atom. The molecule has 0 bridgehead atoms. The van der Waals surface area contributed by atoms with Gasteiger partial charge < -0.3 is 14.7 Å². The number of aliphatic carboxylic acids is 1. The number of hydrogen-bond acceptors (Lipinski definition) is 4. The first-order valence-corrected chi connectivity index (χ1v) is 6.23. The Labute approximate surface area is 112 Å². The summed E-state index contributed by atoms with van der Waals surface area (Å²) in [6.07, 6.45) is -0.554. The first-order valence-electron chi connectivity index (χ1n) is 6.23. The highest BCUT2D eigenvalue weighted by Crippen LogP contribution is 2.30. The van der Waals surface area contributed by atoms with E-state index >= 15 is 0 Å². The quantitative estimate of drug-likeness (QED) is 0.733. The lowest BCUT2D eigenvalue weighted by Gasteiger charge is -2.40. The van der Waals surface area contributed by atoms with Crippen LogP contribution in [0.4, 0.5) is 4.79 Å². The fraction of sp³-hybridized carbons (Fsp3) is 0.769. The van der Waals surface area contributed by atoms with Gasteiger partial charge in [-0.2, -0.15) is 0 Å². The van der Waals surface area contributed by atoms with Crippen LogP contribution in [0, 0.1) is 5.41 Å². The highest BCUT2D eigenvalue weighted by Gasteiger charge is 2.49. The van der Waals surface area contributed by atoms with Crippen molar-refractivity contribution < 1.29 is 24.2 Å². The highest BCUT2D eigenvalue weighted by atomic mass is 16.6. The van der Waals surface area contributed by atoms with Crippen molar-refractivity contribution in [2.45, 2.75) is 52.7 Å². The molecule has 1 rings (SSSR count). The molecule has 1 heterocycles. The van der Waals surface area contributed by atoms with Gasteiger partial charge >= 0.3 is 12.1 Å². The number of ketones is 1. The summed E-state index contributed by atoms with van der Waals surface area (Å²) in [7, 11) is 0. The number of Topliss-reactive ketones (excluding diaryl/α,β-unsaturated/α-hetero) is 1. The lowest BCUT2D eigenvalue weighted by molar-refractivity contribution is -0.158. The van der Waals surface area contributed by atoms with Crippen molar-refractivity contribution in [2.24, 2.45) is 5.41 Å². The molecule has 1 N–H and O–H groups in total. The molecule has 0 saturated carbocycles. The van der Waals surface area contributed by atoms with Crippen molar-refractivity contribution in [1.82, 2.24) is 4.90 Å². The van der Waals surface area contributed by atoms with Gasteiger partial charge in [-0.1, -0.05) is 0 Å². The molecule has 0 aromatic heterocycles. The summed E-state index contributed by atoms with van der Waals surface area (Å²) in [6.45, 7) is 8.12. The van der Waals surface area contributed by atoms with E-state index in [2.05, 4.69) is 0 Å². The number of carbonyl (C=O) groups is 3. The third-order valence-corrected chi connectivity index (χ3v) is 3.21. The number of hydrogen-bond donors (Lipinski definition) is 1. The molecule has 1 aliphatic heterocycles. The van der Waals surface area contributed by atoms with Crippen molar-refractivity contribution in [2.75, 3.05) is 6.54 Å². The molecule has 1 fully saturated rings. The predicted molar refractivity (Wildman–Crippen MR) is 67.8 cm³/mol. The van der Waals surface area contributed by atoms with Crippen LogP contribution in [0.2, 0.25) is 0 Å². The Kier molecular flexibility index (Phi) is 3.93. The van der Waals surface area contributed by atoms with E-state index in [1.807, 2.05) is 0 Å². The van der Waals surface area contributed by atoms with Crippen LogP contribution in [0.25, 0.3) is 0 Å². The first kappa shape index (κ1) is 15.5. The molecule has 6 nitrogen and oxygen atoms in total. The average Bonchev–Trinajstić information content (AvgIpc) is 2.20. The van der Waals surface area contributed by atoms with Gasteiger partial charge in [-0.3, -0.25) is 9.59 Å². The van der Waals surface area contributed by atoms with E-state index in [9.17, 15) is 19.5 Å². The van der Waals surface area contributed by atoms with Crippen LogP contribution in [-0.4, -0.2) is 46.0 Å². The molecule has 0 aliphatic carbocycles. The van der Waals surface area contributed by atoms with Crippen LogP contribution < -0.4 is 0 Å². The summed E-state index contributed by atoms with van der Waals surface area (Å²) in [6, 6.07) is -0.352. The molecule has 0 radical (unpaired) electrons. The lowest BCUT2D eigenvalue weighted by atomic mass is 9.78. The second kappa shape index (κ2) is 4.83. The summed E-state index contributed by atoms with van der Waals surface area (Å²) >= 11 is 0. The highest BCUT2D eigenvalue weighted by molar-refractivity contribution is 6.04. The number of carboxylic acid groups (broad SMARTS) is 1. The minimum Gasteiger partial charge on any atom is -0.480 e. The maximum absolute atomic E-state index is 12.0. The van der Waals surface area contributed by atoms with Crippen molar-refractivity contribution in [1.29, 1.82) is 0 Å². The van der Waals surface area contributed by atoms with Crippen LogP contribution in [0.5, 0.6) is 0 Å². The van der Waals surface area contributed by atoms with Gasteiger partial charge in [0, 0.05) is 19.0 Å². The van der Waals surface area contributed by atoms with E-state index in [0.29, 0.717) is 0 Å². The zero-order chi connectivity index (χ0) is 15.0. The number of carboxylic acids is 1. The van der Waals surface area contributed by atoms with Crippen LogP contribution in [0.1, 0.15) is 41.0 Å². The van der Waals surface area contributed by atoms with E-state index in [4.69, 9.17) is 4.74 Å². The summed E-state index contributed by atoms with van der Waals surface area (Å²) in [5.41, 5.74) is -2.21. The minimum absolute atomic E-state index is 0.0298. The number of likely N-dealkylation sites (tertiary alicyclic amines) is 1. The summed E-state index contributed by atoms with van der Waals surface area (Å²) in [4.78, 5) is 36.5. The Hall–Kier alpha value is -1.59. The second-order valence-corrected chi connectivity index (χ2v) is 6.22. The van der Waals surface area contributed by atoms with Gasteiger partial charge in [0.15, 0.2) is 5.78 Å². The van der Waals surface area contributed by atoms with Crippen molar-refractivity contribution in [3.63, 3.8) is 0 Å². The maximum Gasteiger partial charge on any atom is 0.410 e. The zero-order valence-electron chi connectivity index (χ0n) is 12.0. The molecule has 0 spiro atoms. The monoisotopic (exact) mass is 271 g/mol. The lowest BCUT2D eigenvalue weighted by Crippen LogP contribution is -2.57. The normalized spacial score (nSPS) is 28.2. The molecule has 108 valence electrons. The van der Waals surface area contributed by atoms with Crippen LogP contribution >= 0.6 is 0 Å². The molecule has 2 atom stereocenters. The topological polar surface area (TPSA) is 83.9 Å². The smallest absolute Gasteiger partial charge is 0.410 e. The van der Waals surface area contributed by atoms with E-state index in [-0.39, 0.29) is 24.8 Å². The largest absolute Gasteiger partial charge is 0.480 e. The number of amides is 1. The number of carbonyl (C=O) groups excluding carboxylic acids is 2. The van der Waals surface area contributed by atoms with E-state index in [1.54, 1.807) is 27.7 Å². The number of rotatable bonds is 1. The molecule has 6 heteroatoms. The van der Waals surface area contributed by atoms with Gasteiger partial charge in [-0.25, -0.2) is 4.79 Å². The Bertz CT molecular complexity index is 412. The fourth-order valence-corrected chi connectivity index (χ4v) is 1.94. The SMILES string of the molecule is CC1CC(=O)C(C)(C(=O)O)CN1C(=O)OC(C)(C)C. The predicted octanol–water partition coefficient (Wildman–Crippen LogP) is 1.68. The number of ether oxygens (including phenoxy) is 1. The maximum atomic E-state index is 12.0. The molecule has 2 unspecified atom stereocenters. The summed E-state index contributed by atoms with van der Waals surface area (Å²) in [5.74, 6) is -1.56. The van der Waals surface area contributed by atoms with E-state index < -0.39 is 23.1 Å². The summed E-state index contributed by atoms with van der Waals surface area (Å²) in [5, 5.41) is 9.19. The number of piperidine rings is 1. The van der Waals surface area contributed by atoms with Crippen LogP contribution in [0.15, 0.2) is 0 Å². The third kappa shape index (κ3) is 3.24. The molecule has 1 amide bonds. The van der Waals surface area contributed by atoms with Crippen LogP contribution in [0.3, 0.4) is 0 Å². The van der Waals surface area contributed by atoms with Gasteiger partial charge in [0.25, 0.3) is 0 Å². The zero-order valence-corrected chi connectivity index (χ0v) is 12.0.